The SMILES string of the molecule is OC1CCN(Cc2cccc(F)c2Cl)c2ccccc21. The van der Waals surface area contributed by atoms with Gasteiger partial charge in [-0.15, -0.1) is 0 Å². The average molecular weight is 292 g/mol. The minimum absolute atomic E-state index is 0.177. The zero-order chi connectivity index (χ0) is 14.1. The zero-order valence-corrected chi connectivity index (χ0v) is 11.6. The van der Waals surface area contributed by atoms with Crippen LogP contribution in [-0.2, 0) is 6.54 Å². The molecule has 0 saturated carbocycles. The summed E-state index contributed by atoms with van der Waals surface area (Å²) < 4.78 is 13.5. The summed E-state index contributed by atoms with van der Waals surface area (Å²) in [6, 6.07) is 12.6. The van der Waals surface area contributed by atoms with Crippen LogP contribution in [0.15, 0.2) is 42.5 Å². The third-order valence-corrected chi connectivity index (χ3v) is 4.12. The highest BCUT2D eigenvalue weighted by atomic mass is 35.5. The molecule has 2 aromatic carbocycles. The molecule has 1 atom stereocenters. The second-order valence-electron chi connectivity index (χ2n) is 5.00. The van der Waals surface area contributed by atoms with E-state index in [1.165, 1.54) is 6.07 Å². The number of hydrogen-bond acceptors (Lipinski definition) is 2. The first-order valence-electron chi connectivity index (χ1n) is 6.61. The number of anilines is 1. The van der Waals surface area contributed by atoms with Crippen LogP contribution in [0.25, 0.3) is 0 Å². The Bertz CT molecular complexity index is 632. The van der Waals surface area contributed by atoms with E-state index in [2.05, 4.69) is 4.90 Å². The summed E-state index contributed by atoms with van der Waals surface area (Å²) in [7, 11) is 0. The Labute approximate surface area is 122 Å². The van der Waals surface area contributed by atoms with Crippen LogP contribution < -0.4 is 4.90 Å². The number of para-hydroxylation sites is 1. The van der Waals surface area contributed by atoms with Gasteiger partial charge < -0.3 is 10.0 Å². The molecule has 0 fully saturated rings. The Hall–Kier alpha value is -1.58. The van der Waals surface area contributed by atoms with Crippen LogP contribution >= 0.6 is 11.6 Å². The fourth-order valence-electron chi connectivity index (χ4n) is 2.65. The van der Waals surface area contributed by atoms with E-state index in [1.807, 2.05) is 30.3 Å². The molecule has 0 radical (unpaired) electrons. The van der Waals surface area contributed by atoms with E-state index in [0.29, 0.717) is 13.0 Å². The first-order chi connectivity index (χ1) is 9.66. The zero-order valence-electron chi connectivity index (χ0n) is 10.9. The minimum atomic E-state index is -0.426. The number of rotatable bonds is 2. The Morgan fingerprint density at radius 3 is 2.85 bits per heavy atom. The smallest absolute Gasteiger partial charge is 0.142 e. The van der Waals surface area contributed by atoms with E-state index in [0.717, 1.165) is 23.4 Å². The fourth-order valence-corrected chi connectivity index (χ4v) is 2.84. The summed E-state index contributed by atoms with van der Waals surface area (Å²) in [4.78, 5) is 2.13. The molecule has 1 aliphatic heterocycles. The molecule has 1 aliphatic rings. The highest BCUT2D eigenvalue weighted by Crippen LogP contribution is 2.35. The van der Waals surface area contributed by atoms with Crippen molar-refractivity contribution in [2.24, 2.45) is 0 Å². The lowest BCUT2D eigenvalue weighted by molar-refractivity contribution is 0.164. The summed E-state index contributed by atoms with van der Waals surface area (Å²) in [5.74, 6) is -0.394. The van der Waals surface area contributed by atoms with E-state index in [4.69, 9.17) is 11.6 Å². The third-order valence-electron chi connectivity index (χ3n) is 3.70. The van der Waals surface area contributed by atoms with Gasteiger partial charge in [-0.25, -0.2) is 4.39 Å². The van der Waals surface area contributed by atoms with Crippen molar-refractivity contribution < 1.29 is 9.50 Å². The van der Waals surface area contributed by atoms with Crippen molar-refractivity contribution in [3.63, 3.8) is 0 Å². The molecule has 0 aliphatic carbocycles. The van der Waals surface area contributed by atoms with E-state index in [1.54, 1.807) is 6.07 Å². The molecule has 1 heterocycles. The molecule has 0 spiro atoms. The van der Waals surface area contributed by atoms with Crippen molar-refractivity contribution in [2.45, 2.75) is 19.1 Å². The molecule has 3 rings (SSSR count). The lowest BCUT2D eigenvalue weighted by Crippen LogP contribution is -2.30. The van der Waals surface area contributed by atoms with Gasteiger partial charge in [0, 0.05) is 24.3 Å². The molecule has 1 N–H and O–H groups in total. The molecule has 20 heavy (non-hydrogen) atoms. The predicted octanol–water partition coefficient (Wildman–Crippen LogP) is 3.92. The van der Waals surface area contributed by atoms with Gasteiger partial charge in [-0.2, -0.15) is 0 Å². The van der Waals surface area contributed by atoms with Gasteiger partial charge in [-0.3, -0.25) is 0 Å². The lowest BCUT2D eigenvalue weighted by atomic mass is 9.98. The van der Waals surface area contributed by atoms with Crippen molar-refractivity contribution in [2.75, 3.05) is 11.4 Å². The molecule has 0 aromatic heterocycles. The van der Waals surface area contributed by atoms with Crippen molar-refractivity contribution in [3.8, 4) is 0 Å². The van der Waals surface area contributed by atoms with Crippen LogP contribution in [-0.4, -0.2) is 11.7 Å². The molecule has 1 unspecified atom stereocenters. The standard InChI is InChI=1S/C16H15ClFNO/c17-16-11(4-3-6-13(16)18)10-19-9-8-15(20)12-5-1-2-7-14(12)19/h1-7,15,20H,8-10H2. The summed E-state index contributed by atoms with van der Waals surface area (Å²) in [6.45, 7) is 1.27. The summed E-state index contributed by atoms with van der Waals surface area (Å²) in [6.07, 6.45) is 0.245. The van der Waals surface area contributed by atoms with Gasteiger partial charge >= 0.3 is 0 Å². The van der Waals surface area contributed by atoms with Crippen molar-refractivity contribution in [3.05, 3.63) is 64.4 Å². The van der Waals surface area contributed by atoms with E-state index in [-0.39, 0.29) is 5.02 Å². The highest BCUT2D eigenvalue weighted by molar-refractivity contribution is 6.31. The van der Waals surface area contributed by atoms with E-state index < -0.39 is 11.9 Å². The van der Waals surface area contributed by atoms with Crippen molar-refractivity contribution >= 4 is 17.3 Å². The van der Waals surface area contributed by atoms with Gasteiger partial charge in [-0.05, 0) is 24.1 Å². The third kappa shape index (κ3) is 2.39. The normalized spacial score (nSPS) is 17.9. The first-order valence-corrected chi connectivity index (χ1v) is 6.99. The first kappa shape index (κ1) is 13.4. The van der Waals surface area contributed by atoms with Gasteiger partial charge in [0.05, 0.1) is 11.1 Å². The number of nitrogens with zero attached hydrogens (tertiary/aromatic N) is 1. The largest absolute Gasteiger partial charge is 0.388 e. The maximum Gasteiger partial charge on any atom is 0.142 e. The maximum atomic E-state index is 13.5. The average Bonchev–Trinajstić information content (AvgIpc) is 2.47. The number of fused-ring (bicyclic) bond motifs is 1. The van der Waals surface area contributed by atoms with Crippen LogP contribution in [0.5, 0.6) is 0 Å². The highest BCUT2D eigenvalue weighted by Gasteiger charge is 2.23. The maximum absolute atomic E-state index is 13.5. The predicted molar refractivity (Wildman–Crippen MR) is 78.5 cm³/mol. The summed E-state index contributed by atoms with van der Waals surface area (Å²) in [5, 5.41) is 10.2. The van der Waals surface area contributed by atoms with E-state index in [9.17, 15) is 9.50 Å². The van der Waals surface area contributed by atoms with Gasteiger partial charge in [0.2, 0.25) is 0 Å². The summed E-state index contributed by atoms with van der Waals surface area (Å²) >= 11 is 6.02. The van der Waals surface area contributed by atoms with Crippen LogP contribution in [0.2, 0.25) is 5.02 Å². The molecule has 4 heteroatoms. The van der Waals surface area contributed by atoms with Crippen LogP contribution in [0.3, 0.4) is 0 Å². The second-order valence-corrected chi connectivity index (χ2v) is 5.38. The van der Waals surface area contributed by atoms with Crippen LogP contribution in [0.4, 0.5) is 10.1 Å². The van der Waals surface area contributed by atoms with Crippen molar-refractivity contribution in [1.29, 1.82) is 0 Å². The molecular weight excluding hydrogens is 277 g/mol. The number of benzene rings is 2. The number of hydrogen-bond donors (Lipinski definition) is 1. The van der Waals surface area contributed by atoms with Gasteiger partial charge in [0.25, 0.3) is 0 Å². The van der Waals surface area contributed by atoms with Gasteiger partial charge in [-0.1, -0.05) is 41.9 Å². The quantitative estimate of drug-likeness (QED) is 0.906. The van der Waals surface area contributed by atoms with Crippen molar-refractivity contribution in [1.82, 2.24) is 0 Å². The molecule has 0 saturated heterocycles. The monoisotopic (exact) mass is 291 g/mol. The van der Waals surface area contributed by atoms with Crippen LogP contribution in [0, 0.1) is 5.82 Å². The molecule has 2 nitrogen and oxygen atoms in total. The summed E-state index contributed by atoms with van der Waals surface area (Å²) in [5.41, 5.74) is 2.68. The second kappa shape index (κ2) is 5.43. The number of halogens is 2. The molecule has 104 valence electrons. The lowest BCUT2D eigenvalue weighted by Gasteiger charge is -2.34. The Kier molecular flexibility index (Phi) is 3.64. The Morgan fingerprint density at radius 2 is 2.00 bits per heavy atom. The van der Waals surface area contributed by atoms with Gasteiger partial charge in [0.1, 0.15) is 5.82 Å². The Balaban J connectivity index is 1.93. The van der Waals surface area contributed by atoms with Crippen LogP contribution in [0.1, 0.15) is 23.7 Å². The van der Waals surface area contributed by atoms with Gasteiger partial charge in [0.15, 0.2) is 0 Å². The number of aliphatic hydroxyl groups is 1. The number of aliphatic hydroxyl groups excluding tert-OH is 1. The molecule has 2 aromatic rings. The molecule has 0 amide bonds. The molecular formula is C16H15ClFNO. The fraction of sp³-hybridized carbons (Fsp3) is 0.250. The minimum Gasteiger partial charge on any atom is -0.388 e. The molecule has 0 bridgehead atoms. The Morgan fingerprint density at radius 1 is 1.20 bits per heavy atom. The van der Waals surface area contributed by atoms with E-state index >= 15 is 0 Å². The topological polar surface area (TPSA) is 23.5 Å².